The lowest BCUT2D eigenvalue weighted by molar-refractivity contribution is 0.113. The lowest BCUT2D eigenvalue weighted by Crippen LogP contribution is -2.34. The van der Waals surface area contributed by atoms with Gasteiger partial charge in [-0.05, 0) is 20.3 Å². The first-order valence-electron chi connectivity index (χ1n) is 5.02. The molecule has 0 bridgehead atoms. The van der Waals surface area contributed by atoms with Gasteiger partial charge in [0.15, 0.2) is 0 Å². The maximum atomic E-state index is 5.46. The molecule has 1 saturated heterocycles. The highest BCUT2D eigenvalue weighted by atomic mass is 16.5. The average molecular weight is 196 g/mol. The van der Waals surface area contributed by atoms with Crippen molar-refractivity contribution < 1.29 is 9.26 Å². The molecule has 0 aliphatic carbocycles. The van der Waals surface area contributed by atoms with Gasteiger partial charge in [-0.1, -0.05) is 5.16 Å². The molecule has 1 aromatic rings. The molecule has 0 aromatic carbocycles. The predicted molar refractivity (Wildman–Crippen MR) is 51.9 cm³/mol. The zero-order valence-electron chi connectivity index (χ0n) is 8.62. The molecule has 0 saturated carbocycles. The summed E-state index contributed by atoms with van der Waals surface area (Å²) in [5, 5.41) is 7.28. The van der Waals surface area contributed by atoms with Crippen LogP contribution in [-0.2, 0) is 11.3 Å². The van der Waals surface area contributed by atoms with Crippen LogP contribution in [0.15, 0.2) is 10.8 Å². The minimum absolute atomic E-state index is 0.315. The Hall–Kier alpha value is -0.870. The van der Waals surface area contributed by atoms with E-state index in [1.807, 2.05) is 6.92 Å². The molecule has 2 unspecified atom stereocenters. The molecule has 0 radical (unpaired) electrons. The van der Waals surface area contributed by atoms with E-state index in [0.717, 1.165) is 30.8 Å². The second kappa shape index (κ2) is 4.11. The van der Waals surface area contributed by atoms with E-state index in [2.05, 4.69) is 17.4 Å². The first-order valence-corrected chi connectivity index (χ1v) is 5.02. The van der Waals surface area contributed by atoms with Crippen molar-refractivity contribution in [2.24, 2.45) is 0 Å². The van der Waals surface area contributed by atoms with E-state index in [9.17, 15) is 0 Å². The van der Waals surface area contributed by atoms with Gasteiger partial charge in [-0.3, -0.25) is 0 Å². The number of nitrogens with zero attached hydrogens (tertiary/aromatic N) is 1. The van der Waals surface area contributed by atoms with E-state index in [-0.39, 0.29) is 0 Å². The maximum absolute atomic E-state index is 5.46. The monoisotopic (exact) mass is 196 g/mol. The van der Waals surface area contributed by atoms with Crippen LogP contribution in [-0.4, -0.2) is 23.9 Å². The summed E-state index contributed by atoms with van der Waals surface area (Å²) >= 11 is 0. The van der Waals surface area contributed by atoms with Gasteiger partial charge in [-0.25, -0.2) is 0 Å². The first-order chi connectivity index (χ1) is 6.77. The van der Waals surface area contributed by atoms with Crippen LogP contribution in [0.4, 0.5) is 0 Å². The standard InChI is InChI=1S/C10H16N2O2/c1-7-9(6-14-12-7)5-11-10-3-4-13-8(10)2/h6,8,10-11H,3-5H2,1-2H3. The molecule has 1 N–H and O–H groups in total. The second-order valence-corrected chi connectivity index (χ2v) is 3.78. The third kappa shape index (κ3) is 1.96. The van der Waals surface area contributed by atoms with E-state index in [1.165, 1.54) is 0 Å². The number of nitrogens with one attached hydrogen (secondary N) is 1. The minimum Gasteiger partial charge on any atom is -0.377 e. The summed E-state index contributed by atoms with van der Waals surface area (Å²) in [4.78, 5) is 0. The van der Waals surface area contributed by atoms with E-state index < -0.39 is 0 Å². The van der Waals surface area contributed by atoms with Crippen molar-refractivity contribution in [1.29, 1.82) is 0 Å². The molecular formula is C10H16N2O2. The Morgan fingerprint density at radius 2 is 2.50 bits per heavy atom. The molecule has 0 spiro atoms. The van der Waals surface area contributed by atoms with Crippen molar-refractivity contribution in [1.82, 2.24) is 10.5 Å². The van der Waals surface area contributed by atoms with Gasteiger partial charge in [0.2, 0.25) is 0 Å². The topological polar surface area (TPSA) is 47.3 Å². The molecule has 1 aliphatic heterocycles. The molecule has 1 aromatic heterocycles. The molecule has 78 valence electrons. The Kier molecular flexibility index (Phi) is 2.84. The lowest BCUT2D eigenvalue weighted by atomic mass is 10.1. The third-order valence-electron chi connectivity index (χ3n) is 2.78. The van der Waals surface area contributed by atoms with Crippen molar-refractivity contribution in [2.75, 3.05) is 6.61 Å². The molecule has 4 nitrogen and oxygen atoms in total. The molecule has 0 amide bonds. The summed E-state index contributed by atoms with van der Waals surface area (Å²) in [5.41, 5.74) is 2.09. The highest BCUT2D eigenvalue weighted by molar-refractivity contribution is 5.12. The SMILES string of the molecule is Cc1nocc1CNC1CCOC1C. The van der Waals surface area contributed by atoms with E-state index in [0.29, 0.717) is 12.1 Å². The lowest BCUT2D eigenvalue weighted by Gasteiger charge is -2.15. The van der Waals surface area contributed by atoms with Gasteiger partial charge in [0.05, 0.1) is 11.8 Å². The zero-order chi connectivity index (χ0) is 9.97. The average Bonchev–Trinajstić information content (AvgIpc) is 2.72. The fraction of sp³-hybridized carbons (Fsp3) is 0.700. The summed E-state index contributed by atoms with van der Waals surface area (Å²) in [6.07, 6.45) is 3.10. The van der Waals surface area contributed by atoms with E-state index in [4.69, 9.17) is 9.26 Å². The summed E-state index contributed by atoms with van der Waals surface area (Å²) in [5.74, 6) is 0. The number of rotatable bonds is 3. The first kappa shape index (κ1) is 9.68. The van der Waals surface area contributed by atoms with Gasteiger partial charge in [-0.2, -0.15) is 0 Å². The minimum atomic E-state index is 0.315. The number of aromatic nitrogens is 1. The van der Waals surface area contributed by atoms with Crippen LogP contribution in [0.3, 0.4) is 0 Å². The van der Waals surface area contributed by atoms with Crippen molar-refractivity contribution in [2.45, 2.75) is 39.0 Å². The Bertz CT molecular complexity index is 298. The van der Waals surface area contributed by atoms with Gasteiger partial charge in [0.25, 0.3) is 0 Å². The molecule has 14 heavy (non-hydrogen) atoms. The molecule has 1 aliphatic rings. The number of hydrogen-bond donors (Lipinski definition) is 1. The third-order valence-corrected chi connectivity index (χ3v) is 2.78. The fourth-order valence-corrected chi connectivity index (χ4v) is 1.72. The van der Waals surface area contributed by atoms with Crippen molar-refractivity contribution >= 4 is 0 Å². The molecule has 4 heteroatoms. The molecule has 2 atom stereocenters. The van der Waals surface area contributed by atoms with Gasteiger partial charge < -0.3 is 14.6 Å². The van der Waals surface area contributed by atoms with Gasteiger partial charge in [-0.15, -0.1) is 0 Å². The number of hydrogen-bond acceptors (Lipinski definition) is 4. The summed E-state index contributed by atoms with van der Waals surface area (Å²) in [6, 6.07) is 0.462. The van der Waals surface area contributed by atoms with Crippen LogP contribution >= 0.6 is 0 Å². The van der Waals surface area contributed by atoms with Crippen LogP contribution in [0.1, 0.15) is 24.6 Å². The smallest absolute Gasteiger partial charge is 0.128 e. The van der Waals surface area contributed by atoms with E-state index >= 15 is 0 Å². The fourth-order valence-electron chi connectivity index (χ4n) is 1.72. The Labute approximate surface area is 83.6 Å². The van der Waals surface area contributed by atoms with Crippen LogP contribution in [0, 0.1) is 6.92 Å². The summed E-state index contributed by atoms with van der Waals surface area (Å²) in [6.45, 7) is 5.73. The largest absolute Gasteiger partial charge is 0.377 e. The maximum Gasteiger partial charge on any atom is 0.128 e. The van der Waals surface area contributed by atoms with Gasteiger partial charge in [0, 0.05) is 24.8 Å². The quantitative estimate of drug-likeness (QED) is 0.790. The Morgan fingerprint density at radius 3 is 3.07 bits per heavy atom. The highest BCUT2D eigenvalue weighted by Crippen LogP contribution is 2.14. The van der Waals surface area contributed by atoms with Crippen LogP contribution < -0.4 is 5.32 Å². The van der Waals surface area contributed by atoms with Crippen LogP contribution in [0.25, 0.3) is 0 Å². The van der Waals surface area contributed by atoms with Crippen molar-refractivity contribution in [3.8, 4) is 0 Å². The van der Waals surface area contributed by atoms with Gasteiger partial charge >= 0.3 is 0 Å². The van der Waals surface area contributed by atoms with Crippen LogP contribution in [0.2, 0.25) is 0 Å². The summed E-state index contributed by atoms with van der Waals surface area (Å²) < 4.78 is 10.3. The Balaban J connectivity index is 1.85. The van der Waals surface area contributed by atoms with Crippen molar-refractivity contribution in [3.63, 3.8) is 0 Å². The Morgan fingerprint density at radius 1 is 1.64 bits per heavy atom. The molecule has 1 fully saturated rings. The van der Waals surface area contributed by atoms with Gasteiger partial charge in [0.1, 0.15) is 6.26 Å². The summed E-state index contributed by atoms with van der Waals surface area (Å²) in [7, 11) is 0. The number of aryl methyl sites for hydroxylation is 1. The normalized spacial score (nSPS) is 27.0. The zero-order valence-corrected chi connectivity index (χ0v) is 8.62. The van der Waals surface area contributed by atoms with E-state index in [1.54, 1.807) is 6.26 Å². The molecule has 2 rings (SSSR count). The highest BCUT2D eigenvalue weighted by Gasteiger charge is 2.23. The molecule has 2 heterocycles. The van der Waals surface area contributed by atoms with Crippen LogP contribution in [0.5, 0.6) is 0 Å². The predicted octanol–water partition coefficient (Wildman–Crippen LogP) is 1.25. The molecular weight excluding hydrogens is 180 g/mol. The second-order valence-electron chi connectivity index (χ2n) is 3.78. The van der Waals surface area contributed by atoms with Crippen molar-refractivity contribution in [3.05, 3.63) is 17.5 Å². The number of ether oxygens (including phenoxy) is 1.